The number of carboxylic acids is 1. The van der Waals surface area contributed by atoms with Crippen LogP contribution >= 0.6 is 0 Å². The number of hydrogen-bond donors (Lipinski definition) is 3. The molecular formula is C23H21N3O5. The topological polar surface area (TPSA) is 124 Å². The zero-order valence-corrected chi connectivity index (χ0v) is 16.6. The van der Waals surface area contributed by atoms with E-state index in [9.17, 15) is 19.5 Å². The summed E-state index contributed by atoms with van der Waals surface area (Å²) in [5.74, 6) is -0.151. The second-order valence-electron chi connectivity index (χ2n) is 6.88. The Kier molecular flexibility index (Phi) is 6.38. The molecule has 0 aliphatic carbocycles. The Labute approximate surface area is 178 Å². The van der Waals surface area contributed by atoms with E-state index in [1.54, 1.807) is 24.3 Å². The molecule has 0 radical (unpaired) electrons. The fourth-order valence-corrected chi connectivity index (χ4v) is 3.20. The fraction of sp³-hybridized carbons (Fsp3) is 0.174. The van der Waals surface area contributed by atoms with E-state index in [2.05, 4.69) is 11.2 Å². The third kappa shape index (κ3) is 4.74. The highest BCUT2D eigenvalue weighted by atomic mass is 16.5. The summed E-state index contributed by atoms with van der Waals surface area (Å²) in [7, 11) is 0. The van der Waals surface area contributed by atoms with E-state index in [0.29, 0.717) is 10.9 Å². The van der Waals surface area contributed by atoms with Crippen molar-refractivity contribution in [3.05, 3.63) is 66.4 Å². The van der Waals surface area contributed by atoms with E-state index in [1.165, 1.54) is 10.8 Å². The number of fused-ring (bicyclic) bond motifs is 1. The maximum atomic E-state index is 12.4. The van der Waals surface area contributed by atoms with Gasteiger partial charge in [-0.3, -0.25) is 9.59 Å². The van der Waals surface area contributed by atoms with Gasteiger partial charge in [0.15, 0.2) is 5.75 Å². The normalized spacial score (nSPS) is 12.5. The van der Waals surface area contributed by atoms with Crippen LogP contribution in [0.3, 0.4) is 0 Å². The molecule has 2 aromatic carbocycles. The molecule has 0 fully saturated rings. The van der Waals surface area contributed by atoms with Gasteiger partial charge in [-0.1, -0.05) is 48.4 Å². The average Bonchev–Trinajstić information content (AvgIpc) is 3.10. The van der Waals surface area contributed by atoms with Crippen LogP contribution in [-0.4, -0.2) is 39.6 Å². The van der Waals surface area contributed by atoms with Crippen LogP contribution in [0.5, 0.6) is 5.75 Å². The highest BCUT2D eigenvalue weighted by molar-refractivity contribution is 5.92. The number of para-hydroxylation sites is 1. The van der Waals surface area contributed by atoms with E-state index in [0.717, 1.165) is 5.56 Å². The summed E-state index contributed by atoms with van der Waals surface area (Å²) in [6, 6.07) is 16.1. The number of nitrogens with two attached hydrogens (primary N) is 1. The Balaban J connectivity index is 1.93. The Morgan fingerprint density at radius 2 is 1.81 bits per heavy atom. The molecule has 0 saturated carbocycles. The molecule has 3 aromatic rings. The van der Waals surface area contributed by atoms with E-state index in [-0.39, 0.29) is 18.7 Å². The van der Waals surface area contributed by atoms with Crippen molar-refractivity contribution in [1.29, 1.82) is 0 Å². The largest absolute Gasteiger partial charge is 0.479 e. The number of rotatable bonds is 8. The third-order valence-corrected chi connectivity index (χ3v) is 4.72. The van der Waals surface area contributed by atoms with Crippen LogP contribution in [0.4, 0.5) is 0 Å². The van der Waals surface area contributed by atoms with Gasteiger partial charge >= 0.3 is 11.9 Å². The number of carbonyl (C=O) groups excluding carboxylic acids is 2. The molecular weight excluding hydrogens is 398 g/mol. The Hall–Kier alpha value is -4.09. The van der Waals surface area contributed by atoms with Gasteiger partial charge in [0.2, 0.25) is 11.4 Å². The van der Waals surface area contributed by atoms with Crippen LogP contribution in [0.15, 0.2) is 60.8 Å². The zero-order chi connectivity index (χ0) is 22.4. The van der Waals surface area contributed by atoms with Gasteiger partial charge in [0.05, 0.1) is 25.0 Å². The van der Waals surface area contributed by atoms with Crippen molar-refractivity contribution < 1.29 is 24.2 Å². The number of aliphatic carboxylic acids is 1. The van der Waals surface area contributed by atoms with Crippen LogP contribution < -0.4 is 15.8 Å². The molecule has 4 N–H and O–H groups in total. The number of amides is 1. The Morgan fingerprint density at radius 3 is 2.45 bits per heavy atom. The average molecular weight is 419 g/mol. The molecule has 31 heavy (non-hydrogen) atoms. The molecule has 8 heteroatoms. The first kappa shape index (κ1) is 21.6. The van der Waals surface area contributed by atoms with Crippen LogP contribution in [0, 0.1) is 12.3 Å². The molecule has 158 valence electrons. The smallest absolute Gasteiger partial charge is 0.344 e. The van der Waals surface area contributed by atoms with Gasteiger partial charge in [-0.25, -0.2) is 4.79 Å². The van der Waals surface area contributed by atoms with Crippen molar-refractivity contribution >= 4 is 28.7 Å². The van der Waals surface area contributed by atoms with Gasteiger partial charge in [0.1, 0.15) is 0 Å². The summed E-state index contributed by atoms with van der Waals surface area (Å²) in [4.78, 5) is 36.2. The number of nitrogens with one attached hydrogen (secondary N) is 1. The lowest BCUT2D eigenvalue weighted by Crippen LogP contribution is -2.57. The number of aromatic nitrogens is 1. The standard InChI is InChI=1S/C23H21N3O5/c1-2-23(22(29)30,25-20(27)13-24)15-26-14-19(17-10-6-7-11-18(17)26)31-21(28)12-16-8-4-3-5-9-16/h1,3-11,14H,12-13,15,24H2,(H,25,27)(H,29,30). The minimum atomic E-state index is -2.02. The minimum Gasteiger partial charge on any atom is -0.479 e. The lowest BCUT2D eigenvalue weighted by molar-refractivity contribution is -0.145. The minimum absolute atomic E-state index is 0.0797. The molecule has 0 bridgehead atoms. The number of nitrogens with zero attached hydrogens (tertiary/aromatic N) is 1. The molecule has 1 amide bonds. The first-order valence-corrected chi connectivity index (χ1v) is 9.43. The lowest BCUT2D eigenvalue weighted by Gasteiger charge is -2.25. The molecule has 1 heterocycles. The summed E-state index contributed by atoms with van der Waals surface area (Å²) < 4.78 is 7.09. The van der Waals surface area contributed by atoms with E-state index < -0.39 is 29.9 Å². The number of carbonyl (C=O) groups is 3. The predicted molar refractivity (Wildman–Crippen MR) is 114 cm³/mol. The quantitative estimate of drug-likeness (QED) is 0.374. The van der Waals surface area contributed by atoms with Gasteiger partial charge in [-0.05, 0) is 17.7 Å². The van der Waals surface area contributed by atoms with Crippen LogP contribution in [-0.2, 0) is 27.3 Å². The van der Waals surface area contributed by atoms with Gasteiger partial charge in [-0.2, -0.15) is 0 Å². The summed E-state index contributed by atoms with van der Waals surface area (Å²) in [6.07, 6.45) is 7.07. The second kappa shape index (κ2) is 9.15. The second-order valence-corrected chi connectivity index (χ2v) is 6.88. The lowest BCUT2D eigenvalue weighted by atomic mass is 10.0. The maximum absolute atomic E-state index is 12.4. The monoisotopic (exact) mass is 419 g/mol. The van der Waals surface area contributed by atoms with Crippen LogP contribution in [0.1, 0.15) is 5.56 Å². The summed E-state index contributed by atoms with van der Waals surface area (Å²) in [5, 5.41) is 12.6. The highest BCUT2D eigenvalue weighted by Crippen LogP contribution is 2.29. The summed E-state index contributed by atoms with van der Waals surface area (Å²) in [5.41, 5.74) is 4.67. The Bertz CT molecular complexity index is 1160. The third-order valence-electron chi connectivity index (χ3n) is 4.72. The van der Waals surface area contributed by atoms with E-state index in [1.807, 2.05) is 30.3 Å². The molecule has 1 unspecified atom stereocenters. The van der Waals surface area contributed by atoms with Crippen molar-refractivity contribution in [2.75, 3.05) is 6.54 Å². The molecule has 8 nitrogen and oxygen atoms in total. The Morgan fingerprint density at radius 1 is 1.13 bits per heavy atom. The predicted octanol–water partition coefficient (Wildman–Crippen LogP) is 1.32. The van der Waals surface area contributed by atoms with Crippen molar-refractivity contribution in [1.82, 2.24) is 9.88 Å². The number of hydrogen-bond acceptors (Lipinski definition) is 5. The van der Waals surface area contributed by atoms with Crippen molar-refractivity contribution in [2.24, 2.45) is 5.73 Å². The number of ether oxygens (including phenoxy) is 1. The fourth-order valence-electron chi connectivity index (χ4n) is 3.20. The molecule has 0 saturated heterocycles. The molecule has 0 spiro atoms. The highest BCUT2D eigenvalue weighted by Gasteiger charge is 2.39. The number of carboxylic acid groups (broad SMARTS) is 1. The molecule has 1 atom stereocenters. The summed E-state index contributed by atoms with van der Waals surface area (Å²) >= 11 is 0. The molecule has 0 aliphatic rings. The summed E-state index contributed by atoms with van der Waals surface area (Å²) in [6.45, 7) is -0.702. The van der Waals surface area contributed by atoms with Crippen molar-refractivity contribution in [3.8, 4) is 18.1 Å². The first-order chi connectivity index (χ1) is 14.9. The molecule has 1 aromatic heterocycles. The van der Waals surface area contributed by atoms with E-state index in [4.69, 9.17) is 16.9 Å². The number of benzene rings is 2. The SMILES string of the molecule is C#CC(Cn1cc(OC(=O)Cc2ccccc2)c2ccccc21)(NC(=O)CN)C(=O)O. The van der Waals surface area contributed by atoms with Gasteiger partial charge in [0, 0.05) is 11.6 Å². The van der Waals surface area contributed by atoms with Crippen molar-refractivity contribution in [3.63, 3.8) is 0 Å². The maximum Gasteiger partial charge on any atom is 0.344 e. The van der Waals surface area contributed by atoms with Crippen LogP contribution in [0.25, 0.3) is 10.9 Å². The van der Waals surface area contributed by atoms with Gasteiger partial charge < -0.3 is 25.5 Å². The van der Waals surface area contributed by atoms with Gasteiger partial charge in [-0.15, -0.1) is 6.42 Å². The molecule has 0 aliphatic heterocycles. The number of esters is 1. The molecule has 3 rings (SSSR count). The first-order valence-electron chi connectivity index (χ1n) is 9.43. The van der Waals surface area contributed by atoms with Gasteiger partial charge in [0.25, 0.3) is 0 Å². The van der Waals surface area contributed by atoms with Crippen LogP contribution in [0.2, 0.25) is 0 Å². The number of terminal acetylenes is 1. The van der Waals surface area contributed by atoms with E-state index >= 15 is 0 Å². The van der Waals surface area contributed by atoms with Crippen molar-refractivity contribution in [2.45, 2.75) is 18.5 Å². The zero-order valence-electron chi connectivity index (χ0n) is 16.6.